The van der Waals surface area contributed by atoms with E-state index in [1.165, 1.54) is 0 Å². The minimum atomic E-state index is -0.209. The molecule has 0 amide bonds. The van der Waals surface area contributed by atoms with Gasteiger partial charge in [0, 0.05) is 5.75 Å². The molecule has 0 aliphatic heterocycles. The Hall–Kier alpha value is -1.22. The van der Waals surface area contributed by atoms with E-state index < -0.39 is 0 Å². The van der Waals surface area contributed by atoms with Crippen LogP contribution in [0.1, 0.15) is 33.1 Å². The van der Waals surface area contributed by atoms with Gasteiger partial charge in [0.25, 0.3) is 0 Å². The summed E-state index contributed by atoms with van der Waals surface area (Å²) in [5.41, 5.74) is 5.20. The Labute approximate surface area is 99.8 Å². The van der Waals surface area contributed by atoms with E-state index in [1.807, 2.05) is 13.8 Å². The molecule has 1 aromatic rings. The fraction of sp³-hybridized carbons (Fsp3) is 0.700. The van der Waals surface area contributed by atoms with Crippen molar-refractivity contribution in [1.82, 2.24) is 15.2 Å². The third-order valence-corrected chi connectivity index (χ3v) is 3.15. The fourth-order valence-corrected chi connectivity index (χ4v) is 2.02. The van der Waals surface area contributed by atoms with Crippen LogP contribution in [0.2, 0.25) is 0 Å². The van der Waals surface area contributed by atoms with Crippen molar-refractivity contribution in [2.24, 2.45) is 5.41 Å². The van der Waals surface area contributed by atoms with Gasteiger partial charge in [0.1, 0.15) is 0 Å². The molecule has 1 aromatic heterocycles. The average Bonchev–Trinajstić information content (AvgIpc) is 2.64. The van der Waals surface area contributed by atoms with Crippen molar-refractivity contribution in [1.29, 1.82) is 5.26 Å². The lowest BCUT2D eigenvalue weighted by Gasteiger charge is -2.13. The van der Waals surface area contributed by atoms with Crippen molar-refractivity contribution in [2.75, 3.05) is 11.5 Å². The molecule has 0 bridgehead atoms. The van der Waals surface area contributed by atoms with E-state index in [-0.39, 0.29) is 5.41 Å². The lowest BCUT2D eigenvalue weighted by molar-refractivity contribution is 0.433. The summed E-state index contributed by atoms with van der Waals surface area (Å²) in [4.78, 5) is 3.99. The number of rotatable bonds is 6. The SMILES string of the molecule is CC(C)(C#N)CCCCSc1n[nH]c(N)n1. The first kappa shape index (κ1) is 12.8. The molecule has 1 rings (SSSR count). The Morgan fingerprint density at radius 2 is 2.25 bits per heavy atom. The van der Waals surface area contributed by atoms with Crippen molar-refractivity contribution in [3.05, 3.63) is 0 Å². The zero-order chi connectivity index (χ0) is 12.0. The summed E-state index contributed by atoms with van der Waals surface area (Å²) in [7, 11) is 0. The summed E-state index contributed by atoms with van der Waals surface area (Å²) in [5.74, 6) is 1.31. The number of hydrogen-bond donors (Lipinski definition) is 2. The number of nitrogens with zero attached hydrogens (tertiary/aromatic N) is 3. The van der Waals surface area contributed by atoms with Gasteiger partial charge in [-0.3, -0.25) is 0 Å². The third-order valence-electron chi connectivity index (χ3n) is 2.21. The van der Waals surface area contributed by atoms with E-state index in [9.17, 15) is 0 Å². The van der Waals surface area contributed by atoms with Crippen LogP contribution in [0.15, 0.2) is 5.16 Å². The molecule has 88 valence electrons. The monoisotopic (exact) mass is 239 g/mol. The molecule has 5 nitrogen and oxygen atoms in total. The number of thioether (sulfide) groups is 1. The Morgan fingerprint density at radius 1 is 1.50 bits per heavy atom. The molecule has 0 saturated heterocycles. The van der Waals surface area contributed by atoms with Gasteiger partial charge in [0.2, 0.25) is 11.1 Å². The standard InChI is InChI=1S/C10H17N5S/c1-10(2,7-11)5-3-4-6-16-9-13-8(12)14-15-9/h3-6H2,1-2H3,(H3,12,13,14,15). The lowest BCUT2D eigenvalue weighted by atomic mass is 9.89. The quantitative estimate of drug-likeness (QED) is 0.586. The van der Waals surface area contributed by atoms with Gasteiger partial charge in [-0.25, -0.2) is 5.10 Å². The van der Waals surface area contributed by atoms with Crippen molar-refractivity contribution in [3.8, 4) is 6.07 Å². The Balaban J connectivity index is 2.11. The molecular weight excluding hydrogens is 222 g/mol. The molecule has 0 aliphatic carbocycles. The van der Waals surface area contributed by atoms with Crippen LogP contribution in [-0.2, 0) is 0 Å². The minimum Gasteiger partial charge on any atom is -0.368 e. The Kier molecular flexibility index (Phi) is 4.62. The van der Waals surface area contributed by atoms with Gasteiger partial charge in [-0.15, -0.1) is 5.10 Å². The molecule has 0 unspecified atom stereocenters. The highest BCUT2D eigenvalue weighted by molar-refractivity contribution is 7.99. The molecule has 0 aliphatic rings. The minimum absolute atomic E-state index is 0.209. The van der Waals surface area contributed by atoms with Gasteiger partial charge in [0.05, 0.1) is 11.5 Å². The molecule has 16 heavy (non-hydrogen) atoms. The first-order valence-electron chi connectivity index (χ1n) is 5.25. The highest BCUT2D eigenvalue weighted by Crippen LogP contribution is 2.23. The van der Waals surface area contributed by atoms with Gasteiger partial charge < -0.3 is 5.73 Å². The van der Waals surface area contributed by atoms with Crippen molar-refractivity contribution in [3.63, 3.8) is 0 Å². The topological polar surface area (TPSA) is 91.4 Å². The smallest absolute Gasteiger partial charge is 0.216 e. The number of anilines is 1. The summed E-state index contributed by atoms with van der Waals surface area (Å²) in [6.07, 6.45) is 3.04. The van der Waals surface area contributed by atoms with E-state index in [2.05, 4.69) is 21.3 Å². The van der Waals surface area contributed by atoms with Crippen LogP contribution in [0.5, 0.6) is 0 Å². The van der Waals surface area contributed by atoms with Crippen LogP contribution in [0.4, 0.5) is 5.95 Å². The van der Waals surface area contributed by atoms with Gasteiger partial charge in [0.15, 0.2) is 0 Å². The predicted molar refractivity (Wildman–Crippen MR) is 64.8 cm³/mol. The number of unbranched alkanes of at least 4 members (excludes halogenated alkanes) is 1. The van der Waals surface area contributed by atoms with E-state index in [1.54, 1.807) is 11.8 Å². The van der Waals surface area contributed by atoms with Crippen LogP contribution in [0, 0.1) is 16.7 Å². The van der Waals surface area contributed by atoms with Crippen molar-refractivity contribution < 1.29 is 0 Å². The highest BCUT2D eigenvalue weighted by atomic mass is 32.2. The average molecular weight is 239 g/mol. The number of aromatic nitrogens is 3. The van der Waals surface area contributed by atoms with Crippen LogP contribution in [0.25, 0.3) is 0 Å². The molecule has 0 atom stereocenters. The normalized spacial score (nSPS) is 11.3. The summed E-state index contributed by atoms with van der Waals surface area (Å²) < 4.78 is 0. The number of nitriles is 1. The molecule has 6 heteroatoms. The molecule has 3 N–H and O–H groups in total. The maximum Gasteiger partial charge on any atom is 0.216 e. The molecule has 1 heterocycles. The second-order valence-corrected chi connectivity index (χ2v) is 5.37. The maximum atomic E-state index is 8.84. The maximum absolute atomic E-state index is 8.84. The van der Waals surface area contributed by atoms with Crippen molar-refractivity contribution >= 4 is 17.7 Å². The molecule has 0 radical (unpaired) electrons. The zero-order valence-corrected chi connectivity index (χ0v) is 10.5. The van der Waals surface area contributed by atoms with E-state index in [4.69, 9.17) is 11.0 Å². The molecule has 0 spiro atoms. The summed E-state index contributed by atoms with van der Waals surface area (Å²) in [5, 5.41) is 16.1. The Bertz CT molecular complexity index is 366. The van der Waals surface area contributed by atoms with Crippen molar-refractivity contribution in [2.45, 2.75) is 38.3 Å². The van der Waals surface area contributed by atoms with Crippen LogP contribution in [-0.4, -0.2) is 20.9 Å². The number of hydrogen-bond acceptors (Lipinski definition) is 5. The van der Waals surface area contributed by atoms with E-state index in [0.29, 0.717) is 11.1 Å². The first-order valence-corrected chi connectivity index (χ1v) is 6.24. The van der Waals surface area contributed by atoms with Crippen LogP contribution < -0.4 is 5.73 Å². The van der Waals surface area contributed by atoms with Gasteiger partial charge >= 0.3 is 0 Å². The van der Waals surface area contributed by atoms with Crippen LogP contribution >= 0.6 is 11.8 Å². The Morgan fingerprint density at radius 3 is 2.81 bits per heavy atom. The third kappa shape index (κ3) is 4.53. The lowest BCUT2D eigenvalue weighted by Crippen LogP contribution is -2.07. The van der Waals surface area contributed by atoms with E-state index >= 15 is 0 Å². The number of nitrogen functional groups attached to an aromatic ring is 1. The fourth-order valence-electron chi connectivity index (χ4n) is 1.21. The number of nitrogens with two attached hydrogens (primary N) is 1. The molecule has 0 aromatic carbocycles. The number of H-pyrrole nitrogens is 1. The summed E-state index contributed by atoms with van der Waals surface area (Å²) in [6, 6.07) is 2.30. The molecule has 0 fully saturated rings. The molecular formula is C10H17N5S. The predicted octanol–water partition coefficient (Wildman–Crippen LogP) is 2.20. The van der Waals surface area contributed by atoms with Gasteiger partial charge in [-0.2, -0.15) is 10.2 Å². The number of nitrogens with one attached hydrogen (secondary N) is 1. The zero-order valence-electron chi connectivity index (χ0n) is 9.66. The van der Waals surface area contributed by atoms with E-state index in [0.717, 1.165) is 25.0 Å². The summed E-state index contributed by atoms with van der Waals surface area (Å²) in [6.45, 7) is 3.94. The second kappa shape index (κ2) is 5.75. The summed E-state index contributed by atoms with van der Waals surface area (Å²) >= 11 is 1.58. The van der Waals surface area contributed by atoms with Gasteiger partial charge in [-0.05, 0) is 26.7 Å². The molecule has 0 saturated carbocycles. The largest absolute Gasteiger partial charge is 0.368 e. The second-order valence-electron chi connectivity index (χ2n) is 4.30. The first-order chi connectivity index (χ1) is 7.53. The highest BCUT2D eigenvalue weighted by Gasteiger charge is 2.15. The van der Waals surface area contributed by atoms with Crippen LogP contribution in [0.3, 0.4) is 0 Å². The van der Waals surface area contributed by atoms with Gasteiger partial charge in [-0.1, -0.05) is 18.2 Å². The number of aromatic amines is 1.